The van der Waals surface area contributed by atoms with Crippen molar-refractivity contribution >= 4 is 5.91 Å². The van der Waals surface area contributed by atoms with Gasteiger partial charge in [-0.2, -0.15) is 0 Å². The van der Waals surface area contributed by atoms with Crippen LogP contribution in [-0.2, 0) is 17.8 Å². The Morgan fingerprint density at radius 2 is 1.81 bits per heavy atom. The quantitative estimate of drug-likeness (QED) is 0.743. The van der Waals surface area contributed by atoms with E-state index in [0.29, 0.717) is 19.5 Å². The number of aryl methyl sites for hydroxylation is 1. The smallest absolute Gasteiger partial charge is 0.240 e. The number of aromatic nitrogens is 2. The Kier molecular flexibility index (Phi) is 7.36. The van der Waals surface area contributed by atoms with Crippen molar-refractivity contribution in [3.63, 3.8) is 0 Å². The van der Waals surface area contributed by atoms with Crippen LogP contribution in [-0.4, -0.2) is 77.9 Å². The molecule has 0 saturated carbocycles. The third-order valence-corrected chi connectivity index (χ3v) is 4.58. The molecule has 1 atom stereocenters. The monoisotopic (exact) mass is 357 g/mol. The summed E-state index contributed by atoms with van der Waals surface area (Å²) in [5.41, 5.74) is 3.11. The molecule has 26 heavy (non-hydrogen) atoms. The van der Waals surface area contributed by atoms with E-state index in [1.807, 2.05) is 63.1 Å². The number of H-pyrrole nitrogens is 1. The number of nitrogens with one attached hydrogen (secondary N) is 1. The molecule has 0 aliphatic rings. The van der Waals surface area contributed by atoms with Gasteiger partial charge in [0.2, 0.25) is 5.91 Å². The Bertz CT molecular complexity index is 681. The molecule has 0 aliphatic carbocycles. The number of carbonyl (C=O) groups excluding carboxylic acids is 1. The molecular formula is C20H31N5O. The van der Waals surface area contributed by atoms with Gasteiger partial charge in [0.15, 0.2) is 0 Å². The summed E-state index contributed by atoms with van der Waals surface area (Å²) in [6.45, 7) is 4.02. The highest BCUT2D eigenvalue weighted by Crippen LogP contribution is 2.13. The number of hydrogen-bond donors (Lipinski definition) is 1. The average molecular weight is 358 g/mol. The van der Waals surface area contributed by atoms with Crippen molar-refractivity contribution in [2.24, 2.45) is 0 Å². The van der Waals surface area contributed by atoms with E-state index in [0.717, 1.165) is 17.9 Å². The van der Waals surface area contributed by atoms with Crippen LogP contribution >= 0.6 is 0 Å². The number of benzene rings is 1. The summed E-state index contributed by atoms with van der Waals surface area (Å²) < 4.78 is 0. The third kappa shape index (κ3) is 5.68. The zero-order valence-corrected chi connectivity index (χ0v) is 16.6. The Hall–Kier alpha value is -2.18. The second-order valence-corrected chi connectivity index (χ2v) is 7.21. The van der Waals surface area contributed by atoms with E-state index in [1.165, 1.54) is 5.56 Å². The van der Waals surface area contributed by atoms with Crippen LogP contribution in [0.1, 0.15) is 17.0 Å². The predicted molar refractivity (Wildman–Crippen MR) is 105 cm³/mol. The maximum absolute atomic E-state index is 13.4. The summed E-state index contributed by atoms with van der Waals surface area (Å²) >= 11 is 0. The second-order valence-electron chi connectivity index (χ2n) is 7.21. The van der Waals surface area contributed by atoms with E-state index in [9.17, 15) is 4.79 Å². The van der Waals surface area contributed by atoms with Gasteiger partial charge in [0.1, 0.15) is 0 Å². The topological polar surface area (TPSA) is 55.5 Å². The number of amides is 1. The molecule has 142 valence electrons. The highest BCUT2D eigenvalue weighted by Gasteiger charge is 2.27. The molecule has 0 aliphatic heterocycles. The molecule has 0 bridgehead atoms. The van der Waals surface area contributed by atoms with Crippen molar-refractivity contribution in [1.29, 1.82) is 0 Å². The highest BCUT2D eigenvalue weighted by atomic mass is 16.2. The number of carbonyl (C=O) groups is 1. The predicted octanol–water partition coefficient (Wildman–Crippen LogP) is 1.78. The lowest BCUT2D eigenvalue weighted by Crippen LogP contribution is -2.48. The van der Waals surface area contributed by atoms with Gasteiger partial charge >= 0.3 is 0 Å². The van der Waals surface area contributed by atoms with E-state index in [2.05, 4.69) is 27.0 Å². The number of imidazole rings is 1. The van der Waals surface area contributed by atoms with Crippen LogP contribution in [0.5, 0.6) is 0 Å². The summed E-state index contributed by atoms with van der Waals surface area (Å²) in [7, 11) is 7.98. The van der Waals surface area contributed by atoms with Gasteiger partial charge in [-0.05, 0) is 47.1 Å². The lowest BCUT2D eigenvalue weighted by atomic mass is 10.0. The van der Waals surface area contributed by atoms with Crippen molar-refractivity contribution in [2.45, 2.75) is 25.9 Å². The van der Waals surface area contributed by atoms with Gasteiger partial charge in [-0.25, -0.2) is 4.98 Å². The summed E-state index contributed by atoms with van der Waals surface area (Å²) in [4.78, 5) is 26.9. The number of hydrogen-bond acceptors (Lipinski definition) is 4. The van der Waals surface area contributed by atoms with Gasteiger partial charge in [0.25, 0.3) is 0 Å². The molecule has 6 heteroatoms. The normalized spacial score (nSPS) is 12.6. The fourth-order valence-electron chi connectivity index (χ4n) is 2.85. The first-order valence-corrected chi connectivity index (χ1v) is 9.01. The van der Waals surface area contributed by atoms with Gasteiger partial charge in [0.05, 0.1) is 24.6 Å². The van der Waals surface area contributed by atoms with E-state index in [-0.39, 0.29) is 11.9 Å². The molecule has 1 heterocycles. The molecule has 0 radical (unpaired) electrons. The fraction of sp³-hybridized carbons (Fsp3) is 0.500. The minimum atomic E-state index is -0.196. The molecule has 0 spiro atoms. The first kappa shape index (κ1) is 20.1. The van der Waals surface area contributed by atoms with Crippen molar-refractivity contribution in [3.8, 4) is 0 Å². The molecule has 2 aromatic rings. The van der Waals surface area contributed by atoms with Crippen LogP contribution in [0.25, 0.3) is 0 Å². The maximum atomic E-state index is 13.4. The average Bonchev–Trinajstić information content (AvgIpc) is 3.01. The van der Waals surface area contributed by atoms with Gasteiger partial charge in [-0.3, -0.25) is 9.69 Å². The van der Waals surface area contributed by atoms with E-state index in [1.54, 1.807) is 6.33 Å². The SMILES string of the molecule is Cc1[nH]cnc1CN(CCN(C)C)C(=O)[C@H](Cc1ccccc1)N(C)C. The minimum absolute atomic E-state index is 0.142. The number of likely N-dealkylation sites (N-methyl/N-ethyl adjacent to an activating group) is 2. The summed E-state index contributed by atoms with van der Waals surface area (Å²) in [6.07, 6.45) is 2.39. The largest absolute Gasteiger partial charge is 0.348 e. The zero-order valence-electron chi connectivity index (χ0n) is 16.6. The Morgan fingerprint density at radius 1 is 1.12 bits per heavy atom. The van der Waals surface area contributed by atoms with Crippen LogP contribution in [0.4, 0.5) is 0 Å². The first-order valence-electron chi connectivity index (χ1n) is 9.01. The number of aromatic amines is 1. The second kappa shape index (κ2) is 9.50. The lowest BCUT2D eigenvalue weighted by Gasteiger charge is -2.31. The molecule has 1 N–H and O–H groups in total. The Labute approximate surface area is 156 Å². The van der Waals surface area contributed by atoms with Crippen molar-refractivity contribution in [2.75, 3.05) is 41.3 Å². The molecule has 1 aromatic heterocycles. The Morgan fingerprint density at radius 3 is 2.35 bits per heavy atom. The van der Waals surface area contributed by atoms with Crippen LogP contribution < -0.4 is 0 Å². The van der Waals surface area contributed by atoms with E-state index in [4.69, 9.17) is 0 Å². The molecule has 6 nitrogen and oxygen atoms in total. The molecule has 1 amide bonds. The summed E-state index contributed by atoms with van der Waals surface area (Å²) in [5.74, 6) is 0.142. The van der Waals surface area contributed by atoms with Gasteiger partial charge in [-0.1, -0.05) is 30.3 Å². The molecular weight excluding hydrogens is 326 g/mol. The number of rotatable bonds is 9. The lowest BCUT2D eigenvalue weighted by molar-refractivity contribution is -0.137. The zero-order chi connectivity index (χ0) is 19.1. The van der Waals surface area contributed by atoms with Crippen molar-refractivity contribution in [3.05, 3.63) is 53.6 Å². The van der Waals surface area contributed by atoms with E-state index < -0.39 is 0 Å². The first-order chi connectivity index (χ1) is 12.4. The fourth-order valence-corrected chi connectivity index (χ4v) is 2.85. The third-order valence-electron chi connectivity index (χ3n) is 4.58. The van der Waals surface area contributed by atoms with Gasteiger partial charge in [0, 0.05) is 18.8 Å². The standard InChI is InChI=1S/C20H31N5O/c1-16-18(22-15-21-16)14-25(12-11-23(2)3)20(26)19(24(4)5)13-17-9-7-6-8-10-17/h6-10,15,19H,11-14H2,1-5H3,(H,21,22)/t19-/m0/s1. The van der Waals surface area contributed by atoms with Gasteiger partial charge in [-0.15, -0.1) is 0 Å². The number of nitrogens with zero attached hydrogens (tertiary/aromatic N) is 4. The molecule has 2 rings (SSSR count). The van der Waals surface area contributed by atoms with Crippen LogP contribution in [0.2, 0.25) is 0 Å². The molecule has 0 unspecified atom stereocenters. The minimum Gasteiger partial charge on any atom is -0.348 e. The Balaban J connectivity index is 2.18. The highest BCUT2D eigenvalue weighted by molar-refractivity contribution is 5.82. The van der Waals surface area contributed by atoms with Crippen molar-refractivity contribution < 1.29 is 4.79 Å². The van der Waals surface area contributed by atoms with Crippen LogP contribution in [0, 0.1) is 6.92 Å². The molecule has 0 fully saturated rings. The van der Waals surface area contributed by atoms with Crippen LogP contribution in [0.15, 0.2) is 36.7 Å². The molecule has 1 aromatic carbocycles. The molecule has 0 saturated heterocycles. The maximum Gasteiger partial charge on any atom is 0.240 e. The van der Waals surface area contributed by atoms with E-state index >= 15 is 0 Å². The summed E-state index contributed by atoms with van der Waals surface area (Å²) in [5, 5.41) is 0. The van der Waals surface area contributed by atoms with Crippen molar-refractivity contribution in [1.82, 2.24) is 24.7 Å². The summed E-state index contributed by atoms with van der Waals surface area (Å²) in [6, 6.07) is 9.99. The van der Waals surface area contributed by atoms with Crippen LogP contribution in [0.3, 0.4) is 0 Å². The van der Waals surface area contributed by atoms with Gasteiger partial charge < -0.3 is 14.8 Å².